The SMILES string of the molecule is CCOc1ccc(Cc2cc([C@@H]3O[C@@H](OC)[C@@H](C)[C@H](O)[C@H]3O)ccc2Cl)cc1. The zero-order valence-corrected chi connectivity index (χ0v) is 17.1. The van der Waals surface area contributed by atoms with E-state index in [0.717, 1.165) is 22.4 Å². The van der Waals surface area contributed by atoms with E-state index in [1.54, 1.807) is 13.0 Å². The molecule has 1 aliphatic heterocycles. The van der Waals surface area contributed by atoms with Crippen molar-refractivity contribution in [3.05, 3.63) is 64.2 Å². The molecule has 6 heteroatoms. The van der Waals surface area contributed by atoms with Crippen molar-refractivity contribution in [2.24, 2.45) is 5.92 Å². The van der Waals surface area contributed by atoms with Crippen LogP contribution < -0.4 is 4.74 Å². The van der Waals surface area contributed by atoms with E-state index in [-0.39, 0.29) is 5.92 Å². The van der Waals surface area contributed by atoms with E-state index in [1.807, 2.05) is 43.3 Å². The van der Waals surface area contributed by atoms with Gasteiger partial charge in [0.1, 0.15) is 18.0 Å². The molecule has 1 heterocycles. The Hall–Kier alpha value is -1.63. The molecule has 1 saturated heterocycles. The van der Waals surface area contributed by atoms with Gasteiger partial charge in [-0.3, -0.25) is 0 Å². The molecule has 5 nitrogen and oxygen atoms in total. The number of aliphatic hydroxyl groups excluding tert-OH is 2. The maximum absolute atomic E-state index is 10.5. The summed E-state index contributed by atoms with van der Waals surface area (Å²) in [6.45, 7) is 4.37. The quantitative estimate of drug-likeness (QED) is 0.765. The summed E-state index contributed by atoms with van der Waals surface area (Å²) in [5, 5.41) is 21.5. The number of aliphatic hydroxyl groups is 2. The molecule has 2 aromatic carbocycles. The van der Waals surface area contributed by atoms with E-state index in [0.29, 0.717) is 18.1 Å². The Morgan fingerprint density at radius 3 is 2.43 bits per heavy atom. The van der Waals surface area contributed by atoms with E-state index in [4.69, 9.17) is 25.8 Å². The number of benzene rings is 2. The Bertz CT molecular complexity index is 777. The highest BCUT2D eigenvalue weighted by Gasteiger charge is 2.43. The fraction of sp³-hybridized carbons (Fsp3) is 0.455. The third kappa shape index (κ3) is 4.50. The number of methoxy groups -OCH3 is 1. The van der Waals surface area contributed by atoms with Gasteiger partial charge in [0.15, 0.2) is 6.29 Å². The monoisotopic (exact) mass is 406 g/mol. The van der Waals surface area contributed by atoms with Crippen LogP contribution in [0, 0.1) is 5.92 Å². The topological polar surface area (TPSA) is 68.2 Å². The molecule has 0 aliphatic carbocycles. The minimum absolute atomic E-state index is 0.327. The van der Waals surface area contributed by atoms with Crippen molar-refractivity contribution in [1.29, 1.82) is 0 Å². The van der Waals surface area contributed by atoms with Gasteiger partial charge in [0, 0.05) is 18.1 Å². The average Bonchev–Trinajstić information content (AvgIpc) is 2.70. The maximum atomic E-state index is 10.5. The predicted molar refractivity (Wildman–Crippen MR) is 108 cm³/mol. The highest BCUT2D eigenvalue weighted by Crippen LogP contribution is 2.36. The third-order valence-corrected chi connectivity index (χ3v) is 5.54. The maximum Gasteiger partial charge on any atom is 0.163 e. The molecular formula is C22H27ClO5. The number of hydrogen-bond acceptors (Lipinski definition) is 5. The Kier molecular flexibility index (Phi) is 6.96. The fourth-order valence-corrected chi connectivity index (χ4v) is 3.73. The molecule has 1 aliphatic rings. The van der Waals surface area contributed by atoms with Gasteiger partial charge in [-0.15, -0.1) is 0 Å². The molecule has 0 aromatic heterocycles. The summed E-state index contributed by atoms with van der Waals surface area (Å²) in [6.07, 6.45) is -2.62. The molecular weight excluding hydrogens is 380 g/mol. The Morgan fingerprint density at radius 2 is 1.79 bits per heavy atom. The van der Waals surface area contributed by atoms with Gasteiger partial charge in [-0.05, 0) is 48.2 Å². The van der Waals surface area contributed by atoms with Gasteiger partial charge >= 0.3 is 0 Å². The van der Waals surface area contributed by atoms with Gasteiger partial charge in [0.25, 0.3) is 0 Å². The predicted octanol–water partition coefficient (Wildman–Crippen LogP) is 3.73. The van der Waals surface area contributed by atoms with Crippen LogP contribution in [-0.4, -0.2) is 42.4 Å². The molecule has 0 radical (unpaired) electrons. The molecule has 1 fully saturated rings. The van der Waals surface area contributed by atoms with Crippen molar-refractivity contribution >= 4 is 11.6 Å². The summed E-state index contributed by atoms with van der Waals surface area (Å²) in [5.41, 5.74) is 2.77. The van der Waals surface area contributed by atoms with Gasteiger partial charge < -0.3 is 24.4 Å². The standard InChI is InChI=1S/C22H27ClO5/c1-4-27-17-8-5-14(6-9-17)11-16-12-15(7-10-18(16)23)21-20(25)19(24)13(2)22(26-3)28-21/h5-10,12-13,19-22,24-25H,4,11H2,1-3H3/t13-,19-,20+,21-,22+/m0/s1. The van der Waals surface area contributed by atoms with Crippen LogP contribution in [0.15, 0.2) is 42.5 Å². The van der Waals surface area contributed by atoms with Gasteiger partial charge in [-0.1, -0.05) is 42.8 Å². The molecule has 5 atom stereocenters. The van der Waals surface area contributed by atoms with Crippen molar-refractivity contribution < 1.29 is 24.4 Å². The molecule has 2 N–H and O–H groups in total. The lowest BCUT2D eigenvalue weighted by atomic mass is 9.88. The first-order valence-electron chi connectivity index (χ1n) is 9.49. The van der Waals surface area contributed by atoms with E-state index < -0.39 is 24.6 Å². The van der Waals surface area contributed by atoms with Crippen molar-refractivity contribution in [3.8, 4) is 5.75 Å². The fourth-order valence-electron chi connectivity index (χ4n) is 3.54. The number of hydrogen-bond donors (Lipinski definition) is 2. The largest absolute Gasteiger partial charge is 0.494 e. The second-order valence-corrected chi connectivity index (χ2v) is 7.51. The summed E-state index contributed by atoms with van der Waals surface area (Å²) in [5.74, 6) is 0.505. The normalized spacial score (nSPS) is 27.6. The molecule has 0 bridgehead atoms. The van der Waals surface area contributed by atoms with Crippen LogP contribution in [0.5, 0.6) is 5.75 Å². The molecule has 0 saturated carbocycles. The van der Waals surface area contributed by atoms with Gasteiger partial charge in [-0.2, -0.15) is 0 Å². The van der Waals surface area contributed by atoms with E-state index in [9.17, 15) is 10.2 Å². The number of halogens is 1. The van der Waals surface area contributed by atoms with Gasteiger partial charge in [0.2, 0.25) is 0 Å². The first-order chi connectivity index (χ1) is 13.4. The van der Waals surface area contributed by atoms with Crippen LogP contribution in [0.1, 0.15) is 36.6 Å². The van der Waals surface area contributed by atoms with Crippen molar-refractivity contribution in [2.75, 3.05) is 13.7 Å². The number of ether oxygens (including phenoxy) is 3. The summed E-state index contributed by atoms with van der Waals surface area (Å²) >= 11 is 6.41. The highest BCUT2D eigenvalue weighted by atomic mass is 35.5. The summed E-state index contributed by atoms with van der Waals surface area (Å²) in [4.78, 5) is 0. The van der Waals surface area contributed by atoms with E-state index in [1.165, 1.54) is 7.11 Å². The lowest BCUT2D eigenvalue weighted by Gasteiger charge is -2.41. The summed E-state index contributed by atoms with van der Waals surface area (Å²) < 4.78 is 16.7. The lowest BCUT2D eigenvalue weighted by molar-refractivity contribution is -0.272. The zero-order valence-electron chi connectivity index (χ0n) is 16.3. The lowest BCUT2D eigenvalue weighted by Crippen LogP contribution is -2.50. The molecule has 0 unspecified atom stereocenters. The van der Waals surface area contributed by atoms with E-state index in [2.05, 4.69) is 0 Å². The molecule has 152 valence electrons. The molecule has 28 heavy (non-hydrogen) atoms. The zero-order chi connectivity index (χ0) is 20.3. The highest BCUT2D eigenvalue weighted by molar-refractivity contribution is 6.31. The van der Waals surface area contributed by atoms with Crippen molar-refractivity contribution in [1.82, 2.24) is 0 Å². The van der Waals surface area contributed by atoms with Crippen molar-refractivity contribution in [3.63, 3.8) is 0 Å². The number of rotatable bonds is 6. The minimum atomic E-state index is -1.04. The molecule has 2 aromatic rings. The van der Waals surface area contributed by atoms with Gasteiger partial charge in [0.05, 0.1) is 12.7 Å². The summed E-state index contributed by atoms with van der Waals surface area (Å²) in [7, 11) is 1.53. The second kappa shape index (κ2) is 9.25. The van der Waals surface area contributed by atoms with Crippen LogP contribution in [0.4, 0.5) is 0 Å². The van der Waals surface area contributed by atoms with Crippen LogP contribution >= 0.6 is 11.6 Å². The average molecular weight is 407 g/mol. The third-order valence-electron chi connectivity index (χ3n) is 5.17. The van der Waals surface area contributed by atoms with Crippen LogP contribution in [0.3, 0.4) is 0 Å². The Balaban J connectivity index is 1.82. The molecule has 3 rings (SSSR count). The molecule has 0 spiro atoms. The van der Waals surface area contributed by atoms with Crippen molar-refractivity contribution in [2.45, 2.75) is 44.9 Å². The Labute approximate surface area is 170 Å². The van der Waals surface area contributed by atoms with Crippen LogP contribution in [-0.2, 0) is 15.9 Å². The Morgan fingerprint density at radius 1 is 1.07 bits per heavy atom. The molecule has 0 amide bonds. The second-order valence-electron chi connectivity index (χ2n) is 7.11. The minimum Gasteiger partial charge on any atom is -0.494 e. The van der Waals surface area contributed by atoms with Gasteiger partial charge in [-0.25, -0.2) is 0 Å². The van der Waals surface area contributed by atoms with Crippen LogP contribution in [0.2, 0.25) is 5.02 Å². The van der Waals surface area contributed by atoms with Crippen LogP contribution in [0.25, 0.3) is 0 Å². The summed E-state index contributed by atoms with van der Waals surface area (Å²) in [6, 6.07) is 13.4. The first-order valence-corrected chi connectivity index (χ1v) is 9.86. The van der Waals surface area contributed by atoms with E-state index >= 15 is 0 Å². The first kappa shape index (κ1) is 21.1. The smallest absolute Gasteiger partial charge is 0.163 e.